The largest absolute Gasteiger partial charge is 0.350 e. The van der Waals surface area contributed by atoms with Gasteiger partial charge in [-0.2, -0.15) is 5.26 Å². The van der Waals surface area contributed by atoms with Gasteiger partial charge in [0.2, 0.25) is 0 Å². The molecule has 2 aromatic carbocycles. The lowest BCUT2D eigenvalue weighted by Gasteiger charge is -2.32. The number of fused-ring (bicyclic) bond motifs is 1. The molecule has 176 valence electrons. The molecule has 0 spiro atoms. The molecular weight excluding hydrogens is 450 g/mol. The highest BCUT2D eigenvalue weighted by Gasteiger charge is 2.24. The number of nitrogens with zero attached hydrogens (tertiary/aromatic N) is 6. The standard InChI is InChI=1S/C26H22F2N6O/c1-32-7-9-34(10-8-32)26(35)23-14-22(16-3-4-18(15-29)20(27)12-16)30-25(31-23)19-11-17-5-6-33(2)24(17)13-21(19)28/h3-6,11-14H,7-10H2,1-2H3. The van der Waals surface area contributed by atoms with Crippen LogP contribution in [0.4, 0.5) is 8.78 Å². The molecule has 1 aliphatic heterocycles. The molecule has 0 bridgehead atoms. The molecule has 3 heterocycles. The SMILES string of the molecule is CN1CCN(C(=O)c2cc(-c3ccc(C#N)c(F)c3)nc(-c3cc4ccn(C)c4cc3F)n2)CC1. The van der Waals surface area contributed by atoms with Crippen molar-refractivity contribution in [2.24, 2.45) is 7.05 Å². The first-order valence-corrected chi connectivity index (χ1v) is 11.2. The Morgan fingerprint density at radius 2 is 1.74 bits per heavy atom. The van der Waals surface area contributed by atoms with Gasteiger partial charge < -0.3 is 14.4 Å². The Balaban J connectivity index is 1.65. The van der Waals surface area contributed by atoms with Crippen molar-refractivity contribution in [3.05, 3.63) is 71.6 Å². The van der Waals surface area contributed by atoms with E-state index in [4.69, 9.17) is 5.26 Å². The van der Waals surface area contributed by atoms with Crippen LogP contribution in [-0.2, 0) is 7.05 Å². The van der Waals surface area contributed by atoms with Crippen LogP contribution in [0.1, 0.15) is 16.1 Å². The fourth-order valence-electron chi connectivity index (χ4n) is 4.22. The lowest BCUT2D eigenvalue weighted by molar-refractivity contribution is 0.0658. The molecule has 1 aliphatic rings. The zero-order valence-corrected chi connectivity index (χ0v) is 19.3. The van der Waals surface area contributed by atoms with E-state index in [1.807, 2.05) is 26.4 Å². The van der Waals surface area contributed by atoms with E-state index >= 15 is 4.39 Å². The number of likely N-dealkylation sites (N-methyl/N-ethyl adjacent to an activating group) is 1. The number of amides is 1. The molecular formula is C26H22F2N6O. The second kappa shape index (κ2) is 8.89. The van der Waals surface area contributed by atoms with Crippen LogP contribution in [0.15, 0.2) is 48.7 Å². The topological polar surface area (TPSA) is 78.0 Å². The number of carbonyl (C=O) groups excluding carboxylic acids is 1. The quantitative estimate of drug-likeness (QED) is 0.453. The molecule has 0 N–H and O–H groups in total. The van der Waals surface area contributed by atoms with Gasteiger partial charge in [0.15, 0.2) is 5.82 Å². The van der Waals surface area contributed by atoms with Crippen LogP contribution in [-0.4, -0.2) is 63.5 Å². The van der Waals surface area contributed by atoms with Gasteiger partial charge in [-0.25, -0.2) is 18.7 Å². The summed E-state index contributed by atoms with van der Waals surface area (Å²) in [6.45, 7) is 2.55. The fraction of sp³-hybridized carbons (Fsp3) is 0.231. The molecule has 1 amide bonds. The van der Waals surface area contributed by atoms with Gasteiger partial charge >= 0.3 is 0 Å². The summed E-state index contributed by atoms with van der Waals surface area (Å²) in [5.74, 6) is -1.49. The maximum atomic E-state index is 15.2. The third-order valence-corrected chi connectivity index (χ3v) is 6.34. The fourth-order valence-corrected chi connectivity index (χ4v) is 4.22. The third kappa shape index (κ3) is 4.24. The van der Waals surface area contributed by atoms with E-state index in [9.17, 15) is 9.18 Å². The van der Waals surface area contributed by atoms with E-state index in [0.717, 1.165) is 18.5 Å². The second-order valence-corrected chi connectivity index (χ2v) is 8.68. The summed E-state index contributed by atoms with van der Waals surface area (Å²) < 4.78 is 31.4. The van der Waals surface area contributed by atoms with E-state index in [2.05, 4.69) is 14.9 Å². The minimum atomic E-state index is -0.700. The molecule has 5 rings (SSSR count). The van der Waals surface area contributed by atoms with Crippen LogP contribution in [0.25, 0.3) is 33.5 Å². The molecule has 0 saturated carbocycles. The average Bonchev–Trinajstić information content (AvgIpc) is 3.22. The first-order valence-electron chi connectivity index (χ1n) is 11.2. The molecule has 1 saturated heterocycles. The Labute approximate surface area is 200 Å². The predicted molar refractivity (Wildman–Crippen MR) is 127 cm³/mol. The lowest BCUT2D eigenvalue weighted by atomic mass is 10.1. The Morgan fingerprint density at radius 3 is 2.46 bits per heavy atom. The van der Waals surface area contributed by atoms with Gasteiger partial charge in [0.1, 0.15) is 23.4 Å². The number of benzene rings is 2. The molecule has 2 aromatic heterocycles. The van der Waals surface area contributed by atoms with E-state index in [1.165, 1.54) is 24.3 Å². The Bertz CT molecular complexity index is 1500. The van der Waals surface area contributed by atoms with Gasteiger partial charge in [-0.15, -0.1) is 0 Å². The van der Waals surface area contributed by atoms with Crippen molar-refractivity contribution in [2.75, 3.05) is 33.2 Å². The number of hydrogen-bond acceptors (Lipinski definition) is 5. The van der Waals surface area contributed by atoms with Crippen molar-refractivity contribution in [3.8, 4) is 28.7 Å². The van der Waals surface area contributed by atoms with E-state index in [0.29, 0.717) is 24.2 Å². The smallest absolute Gasteiger partial charge is 0.272 e. The summed E-state index contributed by atoms with van der Waals surface area (Å²) in [6, 6.07) is 12.3. The molecule has 9 heteroatoms. The summed E-state index contributed by atoms with van der Waals surface area (Å²) in [7, 11) is 3.81. The van der Waals surface area contributed by atoms with Gasteiger partial charge in [0, 0.05) is 50.4 Å². The maximum absolute atomic E-state index is 15.2. The zero-order valence-electron chi connectivity index (χ0n) is 19.3. The minimum Gasteiger partial charge on any atom is -0.350 e. The van der Waals surface area contributed by atoms with Crippen molar-refractivity contribution in [1.29, 1.82) is 5.26 Å². The summed E-state index contributed by atoms with van der Waals surface area (Å²) in [6.07, 6.45) is 1.83. The summed E-state index contributed by atoms with van der Waals surface area (Å²) >= 11 is 0. The number of aromatic nitrogens is 3. The number of hydrogen-bond donors (Lipinski definition) is 0. The highest BCUT2D eigenvalue weighted by atomic mass is 19.1. The molecule has 0 radical (unpaired) electrons. The molecule has 35 heavy (non-hydrogen) atoms. The van der Waals surface area contributed by atoms with Crippen LogP contribution in [0.2, 0.25) is 0 Å². The zero-order chi connectivity index (χ0) is 24.7. The second-order valence-electron chi connectivity index (χ2n) is 8.68. The first-order chi connectivity index (χ1) is 16.8. The number of carbonyl (C=O) groups is 1. The van der Waals surface area contributed by atoms with Crippen LogP contribution in [0.3, 0.4) is 0 Å². The van der Waals surface area contributed by atoms with Crippen LogP contribution < -0.4 is 0 Å². The van der Waals surface area contributed by atoms with Gasteiger partial charge in [0.25, 0.3) is 5.91 Å². The van der Waals surface area contributed by atoms with Crippen LogP contribution in [0, 0.1) is 23.0 Å². The van der Waals surface area contributed by atoms with Crippen molar-refractivity contribution in [3.63, 3.8) is 0 Å². The normalized spacial score (nSPS) is 14.3. The average molecular weight is 472 g/mol. The van der Waals surface area contributed by atoms with Gasteiger partial charge in [-0.05, 0) is 43.4 Å². The lowest BCUT2D eigenvalue weighted by Crippen LogP contribution is -2.47. The Hall–Kier alpha value is -4.16. The number of nitriles is 1. The first kappa shape index (κ1) is 22.6. The third-order valence-electron chi connectivity index (χ3n) is 6.34. The van der Waals surface area contributed by atoms with Crippen molar-refractivity contribution in [2.45, 2.75) is 0 Å². The van der Waals surface area contributed by atoms with Gasteiger partial charge in [0.05, 0.1) is 22.3 Å². The van der Waals surface area contributed by atoms with E-state index in [1.54, 1.807) is 27.7 Å². The van der Waals surface area contributed by atoms with Gasteiger partial charge in [-0.3, -0.25) is 4.79 Å². The molecule has 0 unspecified atom stereocenters. The Kier molecular flexibility index (Phi) is 5.75. The molecule has 4 aromatic rings. The number of rotatable bonds is 3. The summed E-state index contributed by atoms with van der Waals surface area (Å²) in [5, 5.41) is 9.86. The highest BCUT2D eigenvalue weighted by molar-refractivity contribution is 5.94. The number of piperazine rings is 1. The summed E-state index contributed by atoms with van der Waals surface area (Å²) in [5.41, 5.74) is 1.49. The molecule has 7 nitrogen and oxygen atoms in total. The van der Waals surface area contributed by atoms with Gasteiger partial charge in [-0.1, -0.05) is 6.07 Å². The maximum Gasteiger partial charge on any atom is 0.272 e. The monoisotopic (exact) mass is 472 g/mol. The molecule has 0 aliphatic carbocycles. The van der Waals surface area contributed by atoms with Crippen molar-refractivity contribution < 1.29 is 13.6 Å². The van der Waals surface area contributed by atoms with Crippen molar-refractivity contribution in [1.82, 2.24) is 24.3 Å². The summed E-state index contributed by atoms with van der Waals surface area (Å²) in [4.78, 5) is 26.1. The van der Waals surface area contributed by atoms with Crippen LogP contribution >= 0.6 is 0 Å². The Morgan fingerprint density at radius 1 is 0.971 bits per heavy atom. The highest BCUT2D eigenvalue weighted by Crippen LogP contribution is 2.29. The van der Waals surface area contributed by atoms with Crippen molar-refractivity contribution >= 4 is 16.8 Å². The number of aryl methyl sites for hydroxylation is 1. The molecule has 1 fully saturated rings. The number of halogens is 2. The molecule has 0 atom stereocenters. The van der Waals surface area contributed by atoms with E-state index in [-0.39, 0.29) is 34.2 Å². The van der Waals surface area contributed by atoms with E-state index < -0.39 is 11.6 Å². The van der Waals surface area contributed by atoms with Crippen LogP contribution in [0.5, 0.6) is 0 Å². The predicted octanol–water partition coefficient (Wildman–Crippen LogP) is 3.84. The minimum absolute atomic E-state index is 0.0352.